The van der Waals surface area contributed by atoms with Crippen molar-refractivity contribution in [1.82, 2.24) is 26.2 Å². The van der Waals surface area contributed by atoms with Crippen LogP contribution >= 0.6 is 23.2 Å². The van der Waals surface area contributed by atoms with Crippen LogP contribution in [0.3, 0.4) is 0 Å². The number of nitrogens with one attached hydrogen (secondary N) is 4. The number of hydrogen-bond acceptors (Lipinski definition) is 13. The van der Waals surface area contributed by atoms with Gasteiger partial charge >= 0.3 is 0 Å². The van der Waals surface area contributed by atoms with Gasteiger partial charge in [0.05, 0.1) is 66.7 Å². The predicted molar refractivity (Wildman–Crippen MR) is 251 cm³/mol. The molecule has 3 aliphatic rings. The summed E-state index contributed by atoms with van der Waals surface area (Å²) in [6.07, 6.45) is -6.83. The van der Waals surface area contributed by atoms with Gasteiger partial charge in [0.25, 0.3) is 0 Å². The van der Waals surface area contributed by atoms with Gasteiger partial charge in [0, 0.05) is 48.6 Å². The first-order valence-corrected chi connectivity index (χ1v) is 23.7. The normalized spacial score (nSPS) is 37.9. The number of nitrogens with zero attached hydrogens (tertiary/aromatic N) is 1. The molecule has 67 heavy (non-hydrogen) atoms. The third kappa shape index (κ3) is 13.5. The molecule has 5 rings (SSSR count). The minimum atomic E-state index is -1.35. The number of rotatable bonds is 9. The van der Waals surface area contributed by atoms with E-state index < -0.39 is 121 Å². The van der Waals surface area contributed by atoms with Crippen molar-refractivity contribution in [2.24, 2.45) is 17.8 Å². The number of aliphatic hydroxyl groups is 2. The fourth-order valence-electron chi connectivity index (χ4n) is 9.61. The zero-order valence-corrected chi connectivity index (χ0v) is 41.9. The Kier molecular flexibility index (Phi) is 19.1. The molecule has 4 amide bonds. The highest BCUT2D eigenvalue weighted by Gasteiger charge is 2.52. The largest absolute Gasteiger partial charge is 0.387 e. The number of ether oxygens (including phenoxy) is 6. The van der Waals surface area contributed by atoms with E-state index >= 15 is 0 Å². The van der Waals surface area contributed by atoms with Crippen molar-refractivity contribution < 1.29 is 57.8 Å². The fraction of sp³-hybridized carbons (Fsp3) is 0.667. The van der Waals surface area contributed by atoms with E-state index in [1.165, 1.54) is 14.2 Å². The van der Waals surface area contributed by atoms with Gasteiger partial charge in [-0.3, -0.25) is 19.2 Å². The van der Waals surface area contributed by atoms with Gasteiger partial charge in [-0.25, -0.2) is 0 Å². The summed E-state index contributed by atoms with van der Waals surface area (Å²) < 4.78 is 38.4. The molecule has 17 nitrogen and oxygen atoms in total. The maximum atomic E-state index is 14.5. The molecule has 2 aromatic carbocycles. The van der Waals surface area contributed by atoms with Gasteiger partial charge in [-0.2, -0.15) is 0 Å². The molecular weight excluding hydrogens is 909 g/mol. The minimum Gasteiger partial charge on any atom is -0.387 e. The topological polar surface area (TPSA) is 215 Å². The van der Waals surface area contributed by atoms with Crippen molar-refractivity contribution in [3.63, 3.8) is 0 Å². The Balaban J connectivity index is 1.60. The second kappa shape index (κ2) is 23.4. The molecule has 3 fully saturated rings. The summed E-state index contributed by atoms with van der Waals surface area (Å²) in [7, 11) is 6.69. The first-order valence-electron chi connectivity index (χ1n) is 22.9. The summed E-state index contributed by atoms with van der Waals surface area (Å²) in [5.41, 5.74) is -1.25. The van der Waals surface area contributed by atoms with Gasteiger partial charge in [-0.15, -0.1) is 0 Å². The van der Waals surface area contributed by atoms with E-state index in [4.69, 9.17) is 51.6 Å². The molecular formula is C48H71Cl2N5O12. The molecule has 3 aliphatic heterocycles. The lowest BCUT2D eigenvalue weighted by atomic mass is 9.77. The molecule has 374 valence electrons. The third-order valence-corrected chi connectivity index (χ3v) is 14.2. The van der Waals surface area contributed by atoms with Crippen LogP contribution in [0.25, 0.3) is 0 Å². The van der Waals surface area contributed by atoms with Gasteiger partial charge in [0.15, 0.2) is 12.6 Å². The summed E-state index contributed by atoms with van der Waals surface area (Å²) in [6.45, 7) is 11.4. The number of halogens is 2. The summed E-state index contributed by atoms with van der Waals surface area (Å²) in [4.78, 5) is 58.4. The maximum absolute atomic E-state index is 14.5. The van der Waals surface area contributed by atoms with Crippen molar-refractivity contribution in [1.29, 1.82) is 0 Å². The van der Waals surface area contributed by atoms with Crippen molar-refractivity contribution in [2.75, 3.05) is 41.4 Å². The van der Waals surface area contributed by atoms with Crippen molar-refractivity contribution >= 4 is 46.8 Å². The van der Waals surface area contributed by atoms with Crippen LogP contribution < -0.4 is 21.3 Å². The number of carbonyl (C=O) groups is 4. The first-order chi connectivity index (χ1) is 31.5. The molecule has 3 heterocycles. The third-order valence-electron chi connectivity index (χ3n) is 13.7. The number of amides is 4. The van der Waals surface area contributed by atoms with Crippen LogP contribution in [0.1, 0.15) is 90.9 Å². The number of benzene rings is 2. The fourth-order valence-corrected chi connectivity index (χ4v) is 9.86. The second-order valence-corrected chi connectivity index (χ2v) is 19.9. The molecule has 0 radical (unpaired) electrons. The summed E-state index contributed by atoms with van der Waals surface area (Å²) in [6, 6.07) is 11.4. The molecule has 0 aromatic heterocycles. The summed E-state index contributed by atoms with van der Waals surface area (Å²) in [5.74, 6) is -4.78. The van der Waals surface area contributed by atoms with Crippen LogP contribution in [-0.4, -0.2) is 147 Å². The van der Waals surface area contributed by atoms with Crippen LogP contribution in [0.15, 0.2) is 48.5 Å². The van der Waals surface area contributed by atoms with E-state index in [-0.39, 0.29) is 25.0 Å². The standard InChI is InChI=1S/C48H71Cl2N5O12/c1-25-21-48(7,63-11)43(67-46-40(58)34(55(8)9)20-26(2)64-46)27(3)41(66-37-22-47(6,62-10)42(59)29(5)65-37)28(4)45(61)52-24-36(57)54-39(31-14-18-33(50)19-15-31)38(30-12-16-32(49)17-13-30)53-35(56)23-51-44(25)60/h12-19,25-29,34,37-43,46,58-59H,20-24H2,1-11H3,(H,51,60)(H,52,61)(H,53,56)(H,54,57)/t25-,26-,27+,28-,29?,34+,37+,38?,39?,40-,41?,42+,43-,46?,47-,48?/m1/s1. The van der Waals surface area contributed by atoms with Crippen molar-refractivity contribution in [3.8, 4) is 0 Å². The lowest BCUT2D eigenvalue weighted by molar-refractivity contribution is -0.318. The second-order valence-electron chi connectivity index (χ2n) is 19.1. The van der Waals surface area contributed by atoms with Gasteiger partial charge in [0.2, 0.25) is 23.6 Å². The Hall–Kier alpha value is -3.46. The monoisotopic (exact) mass is 979 g/mol. The average molecular weight is 981 g/mol. The molecule has 0 bridgehead atoms. The Bertz CT molecular complexity index is 1980. The van der Waals surface area contributed by atoms with E-state index in [0.29, 0.717) is 27.6 Å². The highest BCUT2D eigenvalue weighted by molar-refractivity contribution is 6.30. The minimum absolute atomic E-state index is 0.0318. The Labute approximate surface area is 404 Å². The number of aliphatic hydroxyl groups excluding tert-OH is 2. The molecule has 0 saturated carbocycles. The number of methoxy groups -OCH3 is 2. The van der Waals surface area contributed by atoms with Crippen LogP contribution in [-0.2, 0) is 47.6 Å². The molecule has 16 atom stereocenters. The molecule has 19 heteroatoms. The zero-order chi connectivity index (χ0) is 49.5. The molecule has 0 spiro atoms. The van der Waals surface area contributed by atoms with Gasteiger partial charge in [-0.1, -0.05) is 68.2 Å². The van der Waals surface area contributed by atoms with Crippen molar-refractivity contribution in [3.05, 3.63) is 69.7 Å². The van der Waals surface area contributed by atoms with Crippen LogP contribution in [0.2, 0.25) is 10.0 Å². The Morgan fingerprint density at radius 2 is 1.22 bits per heavy atom. The van der Waals surface area contributed by atoms with Gasteiger partial charge in [0.1, 0.15) is 12.2 Å². The lowest BCUT2D eigenvalue weighted by Gasteiger charge is -2.49. The van der Waals surface area contributed by atoms with Crippen molar-refractivity contribution in [2.45, 2.75) is 146 Å². The van der Waals surface area contributed by atoms with Gasteiger partial charge in [-0.05, 0) is 90.0 Å². The smallest absolute Gasteiger partial charge is 0.239 e. The lowest BCUT2D eigenvalue weighted by Crippen LogP contribution is -2.61. The summed E-state index contributed by atoms with van der Waals surface area (Å²) >= 11 is 12.5. The molecule has 6 unspecified atom stereocenters. The van der Waals surface area contributed by atoms with E-state index in [1.54, 1.807) is 83.1 Å². The highest BCUT2D eigenvalue weighted by Crippen LogP contribution is 2.40. The van der Waals surface area contributed by atoms with E-state index in [0.717, 1.165) is 0 Å². The van der Waals surface area contributed by atoms with E-state index in [1.807, 2.05) is 32.8 Å². The van der Waals surface area contributed by atoms with Crippen LogP contribution in [0, 0.1) is 17.8 Å². The number of likely N-dealkylation sites (N-methyl/N-ethyl adjacent to an activating group) is 1. The predicted octanol–water partition coefficient (Wildman–Crippen LogP) is 4.06. The molecule has 3 saturated heterocycles. The highest BCUT2D eigenvalue weighted by atomic mass is 35.5. The van der Waals surface area contributed by atoms with Crippen LogP contribution in [0.5, 0.6) is 0 Å². The quantitative estimate of drug-likeness (QED) is 0.210. The first kappa shape index (κ1) is 54.5. The Morgan fingerprint density at radius 3 is 1.72 bits per heavy atom. The van der Waals surface area contributed by atoms with E-state index in [9.17, 15) is 29.4 Å². The van der Waals surface area contributed by atoms with E-state index in [2.05, 4.69) is 21.3 Å². The number of carbonyl (C=O) groups excluding carboxylic acids is 4. The SMILES string of the molecule is COC1(C)C[C@@H](C)C(=O)NCC(=O)NC(c2ccc(Cl)cc2)C(c2ccc(Cl)cc2)NC(=O)CNC(=O)[C@H](C)C(O[C@H]2C[C@@](C)(OC)[C@@H](O)C(C)O2)[C@H](C)[C@H]1OC1O[C@H](C)C[C@H](N(C)C)[C@H]1O. The molecule has 0 aliphatic carbocycles. The number of hydrogen-bond donors (Lipinski definition) is 6. The maximum Gasteiger partial charge on any atom is 0.239 e. The Morgan fingerprint density at radius 1 is 0.716 bits per heavy atom. The molecule has 6 N–H and O–H groups in total. The summed E-state index contributed by atoms with van der Waals surface area (Å²) in [5, 5.41) is 35.3. The average Bonchev–Trinajstić information content (AvgIpc) is 3.29. The molecule has 2 aromatic rings. The zero-order valence-electron chi connectivity index (χ0n) is 40.4. The van der Waals surface area contributed by atoms with Gasteiger partial charge < -0.3 is 64.8 Å². The van der Waals surface area contributed by atoms with Crippen LogP contribution in [0.4, 0.5) is 0 Å².